The van der Waals surface area contributed by atoms with Gasteiger partial charge in [-0.05, 0) is 28.1 Å². The lowest BCUT2D eigenvalue weighted by molar-refractivity contribution is -0.0500. The molecular formula is C7H5BrF3NO3S. The summed E-state index contributed by atoms with van der Waals surface area (Å²) in [5, 5.41) is 0. The quantitative estimate of drug-likeness (QED) is 0.515. The van der Waals surface area contributed by atoms with Crippen molar-refractivity contribution in [3.8, 4) is 5.75 Å². The summed E-state index contributed by atoms with van der Waals surface area (Å²) in [6, 6.07) is 3.68. The molecule has 0 heterocycles. The molecule has 90 valence electrons. The molecule has 16 heavy (non-hydrogen) atoms. The second-order valence-corrected chi connectivity index (χ2v) is 4.97. The van der Waals surface area contributed by atoms with Crippen molar-refractivity contribution in [2.24, 2.45) is 0 Å². The molecule has 0 saturated carbocycles. The van der Waals surface area contributed by atoms with E-state index in [2.05, 4.69) is 20.1 Å². The largest absolute Gasteiger partial charge is 0.534 e. The van der Waals surface area contributed by atoms with Crippen molar-refractivity contribution >= 4 is 31.7 Å². The summed E-state index contributed by atoms with van der Waals surface area (Å²) in [5.41, 5.74) is -0.0649. The average molecular weight is 320 g/mol. The van der Waals surface area contributed by atoms with Crippen LogP contribution in [0.5, 0.6) is 5.75 Å². The highest BCUT2D eigenvalue weighted by Gasteiger charge is 2.48. The van der Waals surface area contributed by atoms with Gasteiger partial charge in [-0.15, -0.1) is 0 Å². The number of nitrogens with two attached hydrogens (primary N) is 1. The zero-order chi connectivity index (χ0) is 12.6. The highest BCUT2D eigenvalue weighted by atomic mass is 79.9. The Labute approximate surface area is 97.4 Å². The topological polar surface area (TPSA) is 69.4 Å². The van der Waals surface area contributed by atoms with Gasteiger partial charge in [0.2, 0.25) is 0 Å². The first kappa shape index (κ1) is 13.1. The molecule has 0 aromatic heterocycles. The molecule has 0 saturated heterocycles. The van der Waals surface area contributed by atoms with Crippen LogP contribution < -0.4 is 9.92 Å². The maximum absolute atomic E-state index is 12.0. The Morgan fingerprint density at radius 2 is 1.88 bits per heavy atom. The van der Waals surface area contributed by atoms with Crippen molar-refractivity contribution in [1.29, 1.82) is 0 Å². The van der Waals surface area contributed by atoms with Gasteiger partial charge in [-0.2, -0.15) is 21.6 Å². The number of rotatable bonds is 2. The number of nitrogen functional groups attached to an aromatic ring is 1. The lowest BCUT2D eigenvalue weighted by Gasteiger charge is -2.11. The van der Waals surface area contributed by atoms with Crippen LogP contribution in [0.4, 0.5) is 18.9 Å². The molecule has 0 unspecified atom stereocenters. The highest BCUT2D eigenvalue weighted by molar-refractivity contribution is 9.10. The molecule has 2 N–H and O–H groups in total. The molecule has 0 aliphatic heterocycles. The first-order valence-corrected chi connectivity index (χ1v) is 5.90. The molecule has 1 aromatic carbocycles. The van der Waals surface area contributed by atoms with Crippen molar-refractivity contribution in [1.82, 2.24) is 0 Å². The predicted octanol–water partition coefficient (Wildman–Crippen LogP) is 2.26. The van der Waals surface area contributed by atoms with E-state index in [4.69, 9.17) is 5.73 Å². The van der Waals surface area contributed by atoms with Crippen molar-refractivity contribution in [2.45, 2.75) is 5.51 Å². The van der Waals surface area contributed by atoms with E-state index in [0.29, 0.717) is 0 Å². The van der Waals surface area contributed by atoms with Crippen LogP contribution in [0, 0.1) is 0 Å². The summed E-state index contributed by atoms with van der Waals surface area (Å²) < 4.78 is 61.2. The second kappa shape index (κ2) is 4.13. The minimum atomic E-state index is -5.68. The third-order valence-electron chi connectivity index (χ3n) is 1.48. The SMILES string of the molecule is Nc1cccc(OS(=O)(=O)C(F)(F)F)c1Br. The molecule has 0 spiro atoms. The maximum Gasteiger partial charge on any atom is 0.534 e. The molecule has 4 nitrogen and oxygen atoms in total. The average Bonchev–Trinajstić information content (AvgIpc) is 2.11. The Kier molecular flexibility index (Phi) is 3.38. The third-order valence-corrected chi connectivity index (χ3v) is 3.29. The smallest absolute Gasteiger partial charge is 0.398 e. The zero-order valence-corrected chi connectivity index (χ0v) is 9.86. The van der Waals surface area contributed by atoms with E-state index in [1.165, 1.54) is 12.1 Å². The first-order valence-electron chi connectivity index (χ1n) is 3.70. The van der Waals surface area contributed by atoms with Crippen LogP contribution in [0.1, 0.15) is 0 Å². The number of hydrogen-bond acceptors (Lipinski definition) is 4. The van der Waals surface area contributed by atoms with Crippen LogP contribution in [0.15, 0.2) is 22.7 Å². The van der Waals surface area contributed by atoms with E-state index >= 15 is 0 Å². The Hall–Kier alpha value is -0.960. The monoisotopic (exact) mass is 319 g/mol. The van der Waals surface area contributed by atoms with E-state index in [1.807, 2.05) is 0 Å². The fraction of sp³-hybridized carbons (Fsp3) is 0.143. The number of anilines is 1. The number of hydrogen-bond donors (Lipinski definition) is 1. The summed E-state index contributed by atoms with van der Waals surface area (Å²) in [6.45, 7) is 0. The minimum Gasteiger partial charge on any atom is -0.398 e. The lowest BCUT2D eigenvalue weighted by Crippen LogP contribution is -2.28. The summed E-state index contributed by atoms with van der Waals surface area (Å²) >= 11 is 2.82. The Bertz CT molecular complexity index is 500. The summed E-state index contributed by atoms with van der Waals surface area (Å²) in [4.78, 5) is 0. The van der Waals surface area contributed by atoms with E-state index in [0.717, 1.165) is 6.07 Å². The fourth-order valence-corrected chi connectivity index (χ4v) is 1.68. The van der Waals surface area contributed by atoms with E-state index in [-0.39, 0.29) is 10.2 Å². The third kappa shape index (κ3) is 2.59. The van der Waals surface area contributed by atoms with Gasteiger partial charge in [0.15, 0.2) is 5.75 Å². The van der Waals surface area contributed by atoms with Crippen LogP contribution >= 0.6 is 15.9 Å². The number of halogens is 4. The maximum atomic E-state index is 12.0. The zero-order valence-electron chi connectivity index (χ0n) is 7.45. The van der Waals surface area contributed by atoms with Crippen molar-refractivity contribution < 1.29 is 25.8 Å². The van der Waals surface area contributed by atoms with E-state index in [9.17, 15) is 21.6 Å². The summed E-state index contributed by atoms with van der Waals surface area (Å²) in [5.74, 6) is -0.516. The van der Waals surface area contributed by atoms with E-state index < -0.39 is 21.4 Å². The van der Waals surface area contributed by atoms with Gasteiger partial charge in [-0.25, -0.2) is 0 Å². The molecule has 0 atom stereocenters. The standard InChI is InChI=1S/C7H5BrF3NO3S/c8-6-4(12)2-1-3-5(6)15-16(13,14)7(9,10)11/h1-3H,12H2. The molecule has 0 fully saturated rings. The summed E-state index contributed by atoms with van der Waals surface area (Å²) in [6.07, 6.45) is 0. The van der Waals surface area contributed by atoms with Crippen LogP contribution in [0.25, 0.3) is 0 Å². The van der Waals surface area contributed by atoms with Gasteiger partial charge in [-0.1, -0.05) is 6.07 Å². The van der Waals surface area contributed by atoms with Gasteiger partial charge >= 0.3 is 15.6 Å². The Morgan fingerprint density at radius 1 is 1.31 bits per heavy atom. The van der Waals surface area contributed by atoms with Gasteiger partial charge in [0.25, 0.3) is 0 Å². The predicted molar refractivity (Wildman–Crippen MR) is 54.2 cm³/mol. The molecule has 0 radical (unpaired) electrons. The molecule has 0 aliphatic carbocycles. The molecule has 1 aromatic rings. The highest BCUT2D eigenvalue weighted by Crippen LogP contribution is 2.34. The molecule has 0 amide bonds. The van der Waals surface area contributed by atoms with Crippen molar-refractivity contribution in [2.75, 3.05) is 5.73 Å². The Balaban J connectivity index is 3.12. The van der Waals surface area contributed by atoms with Gasteiger partial charge in [0.05, 0.1) is 4.47 Å². The first-order chi connectivity index (χ1) is 7.15. The minimum absolute atomic E-state index is 0.0529. The summed E-state index contributed by atoms with van der Waals surface area (Å²) in [7, 11) is -5.68. The van der Waals surface area contributed by atoms with Crippen LogP contribution in [-0.2, 0) is 10.1 Å². The molecule has 1 rings (SSSR count). The molecule has 0 aliphatic rings. The van der Waals surface area contributed by atoms with Crippen molar-refractivity contribution in [3.63, 3.8) is 0 Å². The van der Waals surface area contributed by atoms with Gasteiger partial charge in [-0.3, -0.25) is 0 Å². The second-order valence-electron chi connectivity index (χ2n) is 2.64. The van der Waals surface area contributed by atoms with Crippen molar-refractivity contribution in [3.05, 3.63) is 22.7 Å². The van der Waals surface area contributed by atoms with E-state index in [1.54, 1.807) is 0 Å². The Morgan fingerprint density at radius 3 is 2.38 bits per heavy atom. The lowest BCUT2D eigenvalue weighted by atomic mass is 10.3. The number of benzene rings is 1. The molecule has 9 heteroatoms. The van der Waals surface area contributed by atoms with Crippen LogP contribution in [0.2, 0.25) is 0 Å². The fourth-order valence-electron chi connectivity index (χ4n) is 0.758. The van der Waals surface area contributed by atoms with Gasteiger partial charge < -0.3 is 9.92 Å². The van der Waals surface area contributed by atoms with Crippen LogP contribution in [0.3, 0.4) is 0 Å². The molecule has 0 bridgehead atoms. The molecular weight excluding hydrogens is 315 g/mol. The number of alkyl halides is 3. The van der Waals surface area contributed by atoms with Crippen LogP contribution in [-0.4, -0.2) is 13.9 Å². The van der Waals surface area contributed by atoms with Gasteiger partial charge in [0.1, 0.15) is 0 Å². The van der Waals surface area contributed by atoms with Gasteiger partial charge in [0, 0.05) is 5.69 Å². The normalized spacial score (nSPS) is 12.5.